The number of alkyl halides is 3. The molecular weight excluding hydrogens is 473 g/mol. The Labute approximate surface area is 206 Å². The van der Waals surface area contributed by atoms with Crippen LogP contribution in [0.3, 0.4) is 0 Å². The monoisotopic (exact) mass is 502 g/mol. The quantitative estimate of drug-likeness (QED) is 0.342. The molecule has 0 aliphatic carbocycles. The van der Waals surface area contributed by atoms with Gasteiger partial charge in [-0.2, -0.15) is 18.2 Å². The zero-order chi connectivity index (χ0) is 25.9. The zero-order valence-corrected chi connectivity index (χ0v) is 20.1. The molecule has 1 atom stereocenters. The van der Waals surface area contributed by atoms with Crippen molar-refractivity contribution in [1.29, 1.82) is 0 Å². The van der Waals surface area contributed by atoms with E-state index in [0.717, 1.165) is 43.9 Å². The van der Waals surface area contributed by atoms with E-state index >= 15 is 0 Å². The van der Waals surface area contributed by atoms with Gasteiger partial charge in [-0.25, -0.2) is 9.97 Å². The van der Waals surface area contributed by atoms with Gasteiger partial charge in [-0.05, 0) is 56.6 Å². The summed E-state index contributed by atoms with van der Waals surface area (Å²) in [4.78, 5) is 27.9. The first-order valence-corrected chi connectivity index (χ1v) is 11.8. The van der Waals surface area contributed by atoms with Crippen molar-refractivity contribution in [3.05, 3.63) is 41.6 Å². The number of benzene rings is 1. The van der Waals surface area contributed by atoms with Gasteiger partial charge in [0.2, 0.25) is 11.9 Å². The van der Waals surface area contributed by atoms with E-state index < -0.39 is 17.8 Å². The minimum absolute atomic E-state index is 0.0130. The number of aromatic nitrogens is 3. The van der Waals surface area contributed by atoms with E-state index in [4.69, 9.17) is 5.73 Å². The summed E-state index contributed by atoms with van der Waals surface area (Å²) < 4.78 is 40.0. The number of hydrogen-bond acceptors (Lipinski definition) is 8. The summed E-state index contributed by atoms with van der Waals surface area (Å²) in [7, 11) is 1.74. The van der Waals surface area contributed by atoms with Crippen molar-refractivity contribution in [2.75, 3.05) is 47.9 Å². The Morgan fingerprint density at radius 3 is 2.61 bits per heavy atom. The lowest BCUT2D eigenvalue weighted by Crippen LogP contribution is -2.21. The van der Waals surface area contributed by atoms with Crippen molar-refractivity contribution in [3.8, 4) is 0 Å². The van der Waals surface area contributed by atoms with Crippen LogP contribution in [0, 0.1) is 0 Å². The average molecular weight is 503 g/mol. The molecule has 1 aliphatic heterocycles. The summed E-state index contributed by atoms with van der Waals surface area (Å²) in [6.45, 7) is 3.99. The summed E-state index contributed by atoms with van der Waals surface area (Å²) in [6, 6.07) is 4.75. The number of carbonyl (C=O) groups is 1. The molecule has 1 aromatic carbocycles. The van der Waals surface area contributed by atoms with Gasteiger partial charge in [0.25, 0.3) is 0 Å². The highest BCUT2D eigenvalue weighted by molar-refractivity contribution is 5.94. The standard InChI is InChI=1S/C24H29F3N8O/c1-14(15-9-16(24(25,26)27)11-17(28)10-15)31-22-18-12-20(35-7-3-4-8-35)30-13-19(18)32-23(34-22)33-21(36)5-6-29-2/h9-14,29H,3-8,28H2,1-2H3,(H2,31,32,33,34,36)/t14-/m1/s1. The summed E-state index contributed by atoms with van der Waals surface area (Å²) in [5.41, 5.74) is 5.80. The summed E-state index contributed by atoms with van der Waals surface area (Å²) in [6.07, 6.45) is -0.523. The molecule has 1 aliphatic rings. The fourth-order valence-electron chi connectivity index (χ4n) is 4.11. The first kappa shape index (κ1) is 25.4. The number of pyridine rings is 1. The Hall–Kier alpha value is -3.67. The van der Waals surface area contributed by atoms with E-state index in [1.807, 2.05) is 6.07 Å². The summed E-state index contributed by atoms with van der Waals surface area (Å²) in [5, 5.41) is 9.43. The van der Waals surface area contributed by atoms with E-state index in [1.165, 1.54) is 6.07 Å². The summed E-state index contributed by atoms with van der Waals surface area (Å²) in [5.74, 6) is 0.955. The first-order chi connectivity index (χ1) is 17.1. The van der Waals surface area contributed by atoms with Crippen LogP contribution in [0.25, 0.3) is 10.9 Å². The molecule has 9 nitrogen and oxygen atoms in total. The van der Waals surface area contributed by atoms with Crippen molar-refractivity contribution in [3.63, 3.8) is 0 Å². The van der Waals surface area contributed by atoms with Gasteiger partial charge < -0.3 is 21.3 Å². The lowest BCUT2D eigenvalue weighted by Gasteiger charge is -2.20. The zero-order valence-electron chi connectivity index (χ0n) is 20.1. The summed E-state index contributed by atoms with van der Waals surface area (Å²) >= 11 is 0. The molecule has 0 bridgehead atoms. The van der Waals surface area contributed by atoms with Crippen molar-refractivity contribution < 1.29 is 18.0 Å². The number of nitrogen functional groups attached to an aromatic ring is 1. The van der Waals surface area contributed by atoms with Crippen LogP contribution in [0.2, 0.25) is 0 Å². The molecule has 1 fully saturated rings. The molecule has 36 heavy (non-hydrogen) atoms. The van der Waals surface area contributed by atoms with Gasteiger partial charge in [-0.15, -0.1) is 0 Å². The van der Waals surface area contributed by atoms with Gasteiger partial charge >= 0.3 is 6.18 Å². The smallest absolute Gasteiger partial charge is 0.399 e. The van der Waals surface area contributed by atoms with Crippen LogP contribution >= 0.6 is 0 Å². The molecule has 2 aromatic heterocycles. The highest BCUT2D eigenvalue weighted by Gasteiger charge is 2.31. The second-order valence-corrected chi connectivity index (χ2v) is 8.80. The van der Waals surface area contributed by atoms with Gasteiger partial charge in [-0.1, -0.05) is 0 Å². The maximum absolute atomic E-state index is 13.3. The maximum atomic E-state index is 13.3. The minimum atomic E-state index is -4.52. The first-order valence-electron chi connectivity index (χ1n) is 11.8. The third-order valence-corrected chi connectivity index (χ3v) is 6.01. The number of amides is 1. The molecule has 3 aromatic rings. The molecule has 0 saturated carbocycles. The van der Waals surface area contributed by atoms with Gasteiger partial charge in [0.05, 0.1) is 23.3 Å². The fourth-order valence-corrected chi connectivity index (χ4v) is 4.11. The van der Waals surface area contributed by atoms with E-state index in [1.54, 1.807) is 20.2 Å². The molecule has 1 amide bonds. The Balaban J connectivity index is 1.71. The Bertz CT molecular complexity index is 1240. The number of anilines is 4. The molecule has 3 heterocycles. The van der Waals surface area contributed by atoms with E-state index in [9.17, 15) is 18.0 Å². The number of hydrogen-bond donors (Lipinski definition) is 4. The fraction of sp³-hybridized carbons (Fsp3) is 0.417. The Kier molecular flexibility index (Phi) is 7.43. The average Bonchev–Trinajstić information content (AvgIpc) is 3.36. The predicted molar refractivity (Wildman–Crippen MR) is 134 cm³/mol. The normalized spacial score (nSPS) is 14.8. The van der Waals surface area contributed by atoms with Crippen LogP contribution in [-0.4, -0.2) is 47.5 Å². The van der Waals surface area contributed by atoms with Crippen LogP contribution < -0.4 is 26.6 Å². The molecule has 1 saturated heterocycles. The number of carbonyl (C=O) groups excluding carboxylic acids is 1. The third-order valence-electron chi connectivity index (χ3n) is 6.01. The largest absolute Gasteiger partial charge is 0.416 e. The Morgan fingerprint density at radius 2 is 1.92 bits per heavy atom. The van der Waals surface area contributed by atoms with Crippen LogP contribution in [0.1, 0.15) is 43.4 Å². The number of nitrogens with two attached hydrogens (primary N) is 1. The van der Waals surface area contributed by atoms with Crippen molar-refractivity contribution in [2.24, 2.45) is 0 Å². The minimum Gasteiger partial charge on any atom is -0.399 e. The van der Waals surface area contributed by atoms with Crippen LogP contribution in [0.15, 0.2) is 30.5 Å². The number of nitrogens with one attached hydrogen (secondary N) is 3. The highest BCUT2D eigenvalue weighted by Crippen LogP contribution is 2.34. The van der Waals surface area contributed by atoms with Crippen molar-refractivity contribution in [2.45, 2.75) is 38.4 Å². The number of nitrogens with zero attached hydrogens (tertiary/aromatic N) is 4. The molecular formula is C24H29F3N8O. The lowest BCUT2D eigenvalue weighted by molar-refractivity contribution is -0.137. The molecule has 5 N–H and O–H groups in total. The van der Waals surface area contributed by atoms with Gasteiger partial charge in [0.15, 0.2) is 0 Å². The Morgan fingerprint density at radius 1 is 1.17 bits per heavy atom. The number of fused-ring (bicyclic) bond motifs is 1. The molecule has 0 radical (unpaired) electrons. The van der Waals surface area contributed by atoms with Gasteiger partial charge in [-0.3, -0.25) is 10.1 Å². The SMILES string of the molecule is CNCCC(=O)Nc1nc(N[C@H](C)c2cc(N)cc(C(F)(F)F)c2)c2cc(N3CCCC3)ncc2n1. The number of rotatable bonds is 8. The molecule has 0 spiro atoms. The topological polar surface area (TPSA) is 121 Å². The van der Waals surface area contributed by atoms with Gasteiger partial charge in [0, 0.05) is 37.1 Å². The second kappa shape index (κ2) is 10.5. The van der Waals surface area contributed by atoms with Crippen molar-refractivity contribution in [1.82, 2.24) is 20.3 Å². The molecule has 0 unspecified atom stereocenters. The lowest BCUT2D eigenvalue weighted by atomic mass is 10.0. The molecule has 12 heteroatoms. The van der Waals surface area contributed by atoms with Crippen molar-refractivity contribution >= 4 is 40.1 Å². The maximum Gasteiger partial charge on any atom is 0.416 e. The van der Waals surface area contributed by atoms with Crippen LogP contribution in [0.5, 0.6) is 0 Å². The second-order valence-electron chi connectivity index (χ2n) is 8.80. The predicted octanol–water partition coefficient (Wildman–Crippen LogP) is 3.95. The third kappa shape index (κ3) is 5.93. The van der Waals surface area contributed by atoms with E-state index in [0.29, 0.717) is 28.8 Å². The number of halogens is 3. The van der Waals surface area contributed by atoms with E-state index in [-0.39, 0.29) is 24.0 Å². The van der Waals surface area contributed by atoms with Gasteiger partial charge in [0.1, 0.15) is 11.6 Å². The highest BCUT2D eigenvalue weighted by atomic mass is 19.4. The molecule has 4 rings (SSSR count). The van der Waals surface area contributed by atoms with Crippen LogP contribution in [-0.2, 0) is 11.0 Å². The van der Waals surface area contributed by atoms with E-state index in [2.05, 4.69) is 35.8 Å². The van der Waals surface area contributed by atoms with Crippen LogP contribution in [0.4, 0.5) is 36.4 Å². The molecule has 192 valence electrons.